The van der Waals surface area contributed by atoms with Crippen molar-refractivity contribution >= 4 is 6.16 Å². The molecule has 2 atom stereocenters. The molecule has 1 aliphatic carbocycles. The highest BCUT2D eigenvalue weighted by molar-refractivity contribution is 5.61. The molecule has 0 aromatic rings. The number of rotatable bonds is 3. The van der Waals surface area contributed by atoms with Gasteiger partial charge in [0.05, 0.1) is 6.26 Å². The molecule has 0 saturated heterocycles. The molecule has 104 valence electrons. The van der Waals surface area contributed by atoms with Crippen LogP contribution in [0, 0.1) is 11.8 Å². The molecular formula is C15H26O3. The van der Waals surface area contributed by atoms with Crippen molar-refractivity contribution in [2.45, 2.75) is 65.4 Å². The van der Waals surface area contributed by atoms with Gasteiger partial charge in [-0.1, -0.05) is 26.2 Å². The molecule has 0 amide bonds. The van der Waals surface area contributed by atoms with E-state index in [1.165, 1.54) is 38.4 Å². The zero-order valence-corrected chi connectivity index (χ0v) is 12.1. The molecule has 0 aromatic carbocycles. The van der Waals surface area contributed by atoms with Crippen molar-refractivity contribution in [2.24, 2.45) is 11.8 Å². The Hall–Kier alpha value is -0.990. The first-order chi connectivity index (χ1) is 8.40. The van der Waals surface area contributed by atoms with Gasteiger partial charge in [-0.2, -0.15) is 0 Å². The molecule has 1 saturated carbocycles. The summed E-state index contributed by atoms with van der Waals surface area (Å²) in [7, 11) is 0. The van der Waals surface area contributed by atoms with Gasteiger partial charge in [0.25, 0.3) is 0 Å². The average molecular weight is 254 g/mol. The second kappa shape index (κ2) is 6.81. The molecule has 3 nitrogen and oxygen atoms in total. The lowest BCUT2D eigenvalue weighted by molar-refractivity contribution is 0.0108. The first kappa shape index (κ1) is 15.1. The Labute approximate surface area is 111 Å². The van der Waals surface area contributed by atoms with Crippen molar-refractivity contribution in [3.8, 4) is 0 Å². The molecule has 1 fully saturated rings. The number of allylic oxidation sites excluding steroid dienone is 1. The molecule has 0 heterocycles. The molecule has 1 rings (SSSR count). The summed E-state index contributed by atoms with van der Waals surface area (Å²) in [6, 6.07) is 0. The van der Waals surface area contributed by atoms with Crippen LogP contribution >= 0.6 is 0 Å². The van der Waals surface area contributed by atoms with Gasteiger partial charge < -0.3 is 9.47 Å². The lowest BCUT2D eigenvalue weighted by atomic mass is 9.80. The van der Waals surface area contributed by atoms with Gasteiger partial charge in [0.1, 0.15) is 5.60 Å². The predicted molar refractivity (Wildman–Crippen MR) is 72.2 cm³/mol. The minimum atomic E-state index is -0.624. The molecule has 0 aromatic heterocycles. The fourth-order valence-electron chi connectivity index (χ4n) is 2.36. The second-order valence-corrected chi connectivity index (χ2v) is 6.11. The van der Waals surface area contributed by atoms with E-state index >= 15 is 0 Å². The van der Waals surface area contributed by atoms with Gasteiger partial charge >= 0.3 is 6.16 Å². The fraction of sp³-hybridized carbons (Fsp3) is 0.800. The van der Waals surface area contributed by atoms with Crippen molar-refractivity contribution in [1.82, 2.24) is 0 Å². The Bertz CT molecular complexity index is 289. The van der Waals surface area contributed by atoms with Crippen molar-refractivity contribution in [3.63, 3.8) is 0 Å². The summed E-state index contributed by atoms with van der Waals surface area (Å²) in [4.78, 5) is 11.3. The van der Waals surface area contributed by atoms with Crippen LogP contribution in [0.4, 0.5) is 4.79 Å². The predicted octanol–water partition coefficient (Wildman–Crippen LogP) is 4.67. The summed E-state index contributed by atoms with van der Waals surface area (Å²) in [6.45, 7) is 7.72. The van der Waals surface area contributed by atoms with Crippen molar-refractivity contribution in [3.05, 3.63) is 12.3 Å². The van der Waals surface area contributed by atoms with E-state index in [0.717, 1.165) is 5.92 Å². The van der Waals surface area contributed by atoms with E-state index in [1.54, 1.807) is 0 Å². The zero-order chi connectivity index (χ0) is 13.6. The topological polar surface area (TPSA) is 35.5 Å². The number of hydrogen-bond acceptors (Lipinski definition) is 3. The Kier molecular flexibility index (Phi) is 5.70. The monoisotopic (exact) mass is 254 g/mol. The maximum absolute atomic E-state index is 11.3. The largest absolute Gasteiger partial charge is 0.513 e. The second-order valence-electron chi connectivity index (χ2n) is 6.11. The molecule has 0 radical (unpaired) electrons. The van der Waals surface area contributed by atoms with Crippen molar-refractivity contribution < 1.29 is 14.3 Å². The van der Waals surface area contributed by atoms with E-state index in [-0.39, 0.29) is 0 Å². The first-order valence-electron chi connectivity index (χ1n) is 6.97. The number of ether oxygens (including phenoxy) is 2. The summed E-state index contributed by atoms with van der Waals surface area (Å²) < 4.78 is 10.0. The van der Waals surface area contributed by atoms with Gasteiger partial charge in [0.2, 0.25) is 0 Å². The van der Waals surface area contributed by atoms with Crippen LogP contribution in [0.2, 0.25) is 0 Å². The van der Waals surface area contributed by atoms with Gasteiger partial charge in [0.15, 0.2) is 0 Å². The van der Waals surface area contributed by atoms with Crippen LogP contribution in [-0.2, 0) is 9.47 Å². The molecule has 1 aliphatic rings. The summed E-state index contributed by atoms with van der Waals surface area (Å²) >= 11 is 0. The first-order valence-corrected chi connectivity index (χ1v) is 6.97. The SMILES string of the molecule is CCC1CCCC(/C=C/OC(=O)OC(C)(C)C)C1. The van der Waals surface area contributed by atoms with Gasteiger partial charge in [-0.05, 0) is 51.5 Å². The Morgan fingerprint density at radius 2 is 2.06 bits per heavy atom. The third-order valence-corrected chi connectivity index (χ3v) is 3.31. The van der Waals surface area contributed by atoms with Crippen LogP contribution in [0.25, 0.3) is 0 Å². The smallest absolute Gasteiger partial charge is 0.428 e. The van der Waals surface area contributed by atoms with Crippen LogP contribution < -0.4 is 0 Å². The minimum Gasteiger partial charge on any atom is -0.428 e. The van der Waals surface area contributed by atoms with E-state index in [2.05, 4.69) is 6.92 Å². The molecule has 3 heteroatoms. The van der Waals surface area contributed by atoms with Crippen LogP contribution in [0.5, 0.6) is 0 Å². The van der Waals surface area contributed by atoms with Crippen molar-refractivity contribution in [2.75, 3.05) is 0 Å². The summed E-state index contributed by atoms with van der Waals surface area (Å²) in [5.74, 6) is 1.38. The third kappa shape index (κ3) is 6.08. The number of hydrogen-bond donors (Lipinski definition) is 0. The summed E-state index contributed by atoms with van der Waals surface area (Å²) in [5, 5.41) is 0. The molecule has 0 aliphatic heterocycles. The Balaban J connectivity index is 2.29. The van der Waals surface area contributed by atoms with E-state index in [0.29, 0.717) is 5.92 Å². The standard InChI is InChI=1S/C15H26O3/c1-5-12-7-6-8-13(11-12)9-10-17-14(16)18-15(2,3)4/h9-10,12-13H,5-8,11H2,1-4H3/b10-9+. The lowest BCUT2D eigenvalue weighted by Crippen LogP contribution is -2.23. The summed E-state index contributed by atoms with van der Waals surface area (Å²) in [6.07, 6.45) is 9.16. The van der Waals surface area contributed by atoms with Gasteiger partial charge in [-0.25, -0.2) is 4.79 Å². The summed E-state index contributed by atoms with van der Waals surface area (Å²) in [5.41, 5.74) is -0.497. The normalized spacial score (nSPS) is 25.1. The lowest BCUT2D eigenvalue weighted by Gasteiger charge is -2.26. The van der Waals surface area contributed by atoms with E-state index in [9.17, 15) is 4.79 Å². The molecule has 0 spiro atoms. The van der Waals surface area contributed by atoms with Crippen LogP contribution in [0.3, 0.4) is 0 Å². The van der Waals surface area contributed by atoms with Crippen LogP contribution in [0.1, 0.15) is 59.8 Å². The Morgan fingerprint density at radius 3 is 2.67 bits per heavy atom. The number of carbonyl (C=O) groups is 1. The van der Waals surface area contributed by atoms with Gasteiger partial charge in [-0.3, -0.25) is 0 Å². The molecule has 0 bridgehead atoms. The Morgan fingerprint density at radius 1 is 1.33 bits per heavy atom. The van der Waals surface area contributed by atoms with E-state index < -0.39 is 11.8 Å². The highest BCUT2D eigenvalue weighted by atomic mass is 16.7. The minimum absolute atomic E-state index is 0.497. The zero-order valence-electron chi connectivity index (χ0n) is 12.1. The molecule has 0 N–H and O–H groups in total. The van der Waals surface area contributed by atoms with Crippen LogP contribution in [0.15, 0.2) is 12.3 Å². The van der Waals surface area contributed by atoms with E-state index in [4.69, 9.17) is 9.47 Å². The quantitative estimate of drug-likeness (QED) is 0.542. The molecule has 2 unspecified atom stereocenters. The highest BCUT2D eigenvalue weighted by Crippen LogP contribution is 2.31. The van der Waals surface area contributed by atoms with Crippen molar-refractivity contribution in [1.29, 1.82) is 0 Å². The van der Waals surface area contributed by atoms with Gasteiger partial charge in [0, 0.05) is 0 Å². The van der Waals surface area contributed by atoms with E-state index in [1.807, 2.05) is 26.8 Å². The molecular weight excluding hydrogens is 228 g/mol. The maximum atomic E-state index is 11.3. The fourth-order valence-corrected chi connectivity index (χ4v) is 2.36. The van der Waals surface area contributed by atoms with Crippen LogP contribution in [-0.4, -0.2) is 11.8 Å². The highest BCUT2D eigenvalue weighted by Gasteiger charge is 2.19. The number of carbonyl (C=O) groups excluding carboxylic acids is 1. The maximum Gasteiger partial charge on any atom is 0.513 e. The third-order valence-electron chi connectivity index (χ3n) is 3.31. The molecule has 18 heavy (non-hydrogen) atoms. The average Bonchev–Trinajstić information content (AvgIpc) is 2.27. The van der Waals surface area contributed by atoms with Gasteiger partial charge in [-0.15, -0.1) is 0 Å².